The summed E-state index contributed by atoms with van der Waals surface area (Å²) in [4.78, 5) is 20.0. The predicted molar refractivity (Wildman–Crippen MR) is 117 cm³/mol. The Kier molecular flexibility index (Phi) is 19.7. The number of carbonyl (C=O) groups is 2. The van der Waals surface area contributed by atoms with Crippen LogP contribution in [0.5, 0.6) is 0 Å². The maximum Gasteiger partial charge on any atom is 0.217 e. The minimum atomic E-state index is -1.36. The third-order valence-electron chi connectivity index (χ3n) is 4.95. The summed E-state index contributed by atoms with van der Waals surface area (Å²) in [5.74, 6) is -1.92. The number of carboxylic acid groups (broad SMARTS) is 1. The number of carbonyl (C=O) groups excluding carboxylic acids is 2. The van der Waals surface area contributed by atoms with E-state index in [9.17, 15) is 14.7 Å². The number of amides is 1. The molecule has 0 fully saturated rings. The number of nitrogens with two attached hydrogens (primary N) is 2. The molecule has 0 aliphatic heterocycles. The van der Waals surface area contributed by atoms with Gasteiger partial charge in [-0.1, -0.05) is 53.4 Å². The highest BCUT2D eigenvalue weighted by molar-refractivity contribution is 7.75. The summed E-state index contributed by atoms with van der Waals surface area (Å²) in [6.45, 7) is 9.42. The molecule has 0 bridgehead atoms. The fraction of sp³-hybridized carbons (Fsp3) is 0.905. The van der Waals surface area contributed by atoms with E-state index in [0.717, 1.165) is 0 Å². The highest BCUT2D eigenvalue weighted by Gasteiger charge is 2.34. The SMILES string of the molecule is CCCC[P+](CCCC)(CCCC)CCCC.NC(=O)CC[C@H](N)C(=O)[O-]. The standard InChI is InChI=1S/C16H36P.C5H10N2O3/c1-5-9-13-17(14-10-6-2,15-11-7-3)16-12-8-4;6-3(5(9)10)1-2-4(7)8/h5-16H2,1-4H3;3H,1-2,6H2,(H2,7,8)(H,9,10)/q+1;/p-1/t;3-/m.0/s1. The molecule has 0 aromatic carbocycles. The van der Waals surface area contributed by atoms with Gasteiger partial charge in [0.1, 0.15) is 0 Å². The summed E-state index contributed by atoms with van der Waals surface area (Å²) in [5.41, 5.74) is 9.73. The van der Waals surface area contributed by atoms with E-state index in [0.29, 0.717) is 0 Å². The molecule has 0 heterocycles. The van der Waals surface area contributed by atoms with Gasteiger partial charge < -0.3 is 21.4 Å². The van der Waals surface area contributed by atoms with Crippen LogP contribution in [0.3, 0.4) is 0 Å². The largest absolute Gasteiger partial charge is 0.548 e. The zero-order chi connectivity index (χ0) is 21.1. The smallest absolute Gasteiger partial charge is 0.217 e. The molecule has 0 aliphatic carbocycles. The van der Waals surface area contributed by atoms with Crippen LogP contribution in [0.1, 0.15) is 91.9 Å². The van der Waals surface area contributed by atoms with Gasteiger partial charge in [-0.25, -0.2) is 0 Å². The summed E-state index contributed by atoms with van der Waals surface area (Å²) in [6, 6.07) is -1.09. The second-order valence-electron chi connectivity index (χ2n) is 7.58. The average Bonchev–Trinajstić information content (AvgIpc) is 2.65. The molecule has 1 atom stereocenters. The van der Waals surface area contributed by atoms with E-state index < -0.39 is 25.2 Å². The van der Waals surface area contributed by atoms with Crippen LogP contribution < -0.4 is 16.6 Å². The van der Waals surface area contributed by atoms with Crippen molar-refractivity contribution in [1.29, 1.82) is 0 Å². The van der Waals surface area contributed by atoms with Crippen molar-refractivity contribution in [3.05, 3.63) is 0 Å². The van der Waals surface area contributed by atoms with Crippen molar-refractivity contribution in [2.75, 3.05) is 24.6 Å². The molecule has 0 unspecified atom stereocenters. The molecule has 5 nitrogen and oxygen atoms in total. The van der Waals surface area contributed by atoms with E-state index >= 15 is 0 Å². The summed E-state index contributed by atoms with van der Waals surface area (Å²) in [5, 5.41) is 9.92. The minimum absolute atomic E-state index is 0.0187. The molecule has 0 saturated heterocycles. The van der Waals surface area contributed by atoms with Gasteiger partial charge in [0.25, 0.3) is 0 Å². The van der Waals surface area contributed by atoms with E-state index in [4.69, 9.17) is 11.5 Å². The van der Waals surface area contributed by atoms with Crippen molar-refractivity contribution in [2.24, 2.45) is 11.5 Å². The van der Waals surface area contributed by atoms with Crippen LogP contribution >= 0.6 is 7.26 Å². The average molecular weight is 405 g/mol. The number of primary amides is 1. The third-order valence-corrected chi connectivity index (χ3v) is 10.0. The fourth-order valence-corrected chi connectivity index (χ4v) is 8.35. The van der Waals surface area contributed by atoms with Gasteiger partial charge in [-0.3, -0.25) is 4.79 Å². The highest BCUT2D eigenvalue weighted by Crippen LogP contribution is 2.61. The summed E-state index contributed by atoms with van der Waals surface area (Å²) < 4.78 is 0. The van der Waals surface area contributed by atoms with Crippen LogP contribution in [0.15, 0.2) is 0 Å². The molecule has 162 valence electrons. The van der Waals surface area contributed by atoms with E-state index in [1.807, 2.05) is 0 Å². The Balaban J connectivity index is 0. The summed E-state index contributed by atoms with van der Waals surface area (Å²) in [6.07, 6.45) is 18.0. The Bertz CT molecular complexity index is 341. The number of hydrogen-bond donors (Lipinski definition) is 2. The van der Waals surface area contributed by atoms with Crippen LogP contribution in [0.2, 0.25) is 0 Å². The number of unbranched alkanes of at least 4 members (excludes halogenated alkanes) is 4. The van der Waals surface area contributed by atoms with Crippen LogP contribution in [0.4, 0.5) is 0 Å². The van der Waals surface area contributed by atoms with Gasteiger partial charge in [0, 0.05) is 19.7 Å². The molecule has 0 spiro atoms. The Morgan fingerprint density at radius 3 is 1.37 bits per heavy atom. The normalized spacial score (nSPS) is 12.2. The number of aliphatic carboxylic acids is 1. The number of rotatable bonds is 16. The molecule has 1 amide bonds. The predicted octanol–water partition coefficient (Wildman–Crippen LogP) is 3.53. The van der Waals surface area contributed by atoms with Gasteiger partial charge >= 0.3 is 0 Å². The maximum atomic E-state index is 10.1. The first kappa shape index (κ1) is 28.5. The van der Waals surface area contributed by atoms with E-state index in [1.165, 1.54) is 51.4 Å². The molecule has 0 aromatic rings. The number of hydrogen-bond acceptors (Lipinski definition) is 4. The third kappa shape index (κ3) is 17.2. The van der Waals surface area contributed by atoms with Gasteiger partial charge in [0.05, 0.1) is 30.6 Å². The Morgan fingerprint density at radius 2 is 1.15 bits per heavy atom. The van der Waals surface area contributed by atoms with Crippen molar-refractivity contribution in [3.8, 4) is 0 Å². The quantitative estimate of drug-likeness (QED) is 0.383. The van der Waals surface area contributed by atoms with Crippen LogP contribution in [0.25, 0.3) is 0 Å². The molecule has 6 heteroatoms. The lowest BCUT2D eigenvalue weighted by Gasteiger charge is -2.28. The molecule has 0 rings (SSSR count). The van der Waals surface area contributed by atoms with Gasteiger partial charge in [-0.15, -0.1) is 0 Å². The van der Waals surface area contributed by atoms with Crippen molar-refractivity contribution in [2.45, 2.75) is 97.9 Å². The Labute approximate surface area is 168 Å². The van der Waals surface area contributed by atoms with Gasteiger partial charge in [0.2, 0.25) is 5.91 Å². The highest BCUT2D eigenvalue weighted by atomic mass is 31.2. The van der Waals surface area contributed by atoms with Crippen molar-refractivity contribution in [1.82, 2.24) is 0 Å². The monoisotopic (exact) mass is 404 g/mol. The summed E-state index contributed by atoms with van der Waals surface area (Å²) in [7, 11) is -0.562. The summed E-state index contributed by atoms with van der Waals surface area (Å²) >= 11 is 0. The first-order chi connectivity index (χ1) is 12.8. The maximum absolute atomic E-state index is 10.1. The Hall–Kier alpha value is -0.670. The van der Waals surface area contributed by atoms with Crippen LogP contribution in [0, 0.1) is 0 Å². The van der Waals surface area contributed by atoms with Crippen LogP contribution in [-0.4, -0.2) is 42.6 Å². The molecular weight excluding hydrogens is 359 g/mol. The second-order valence-corrected chi connectivity index (χ2v) is 12.1. The zero-order valence-corrected chi connectivity index (χ0v) is 19.2. The molecular formula is C21H45N2O3P. The molecule has 0 saturated carbocycles. The van der Waals surface area contributed by atoms with Crippen molar-refractivity contribution < 1.29 is 14.7 Å². The lowest BCUT2D eigenvalue weighted by Crippen LogP contribution is -2.42. The first-order valence-electron chi connectivity index (χ1n) is 10.9. The Morgan fingerprint density at radius 1 is 0.815 bits per heavy atom. The molecule has 0 radical (unpaired) electrons. The fourth-order valence-electron chi connectivity index (χ4n) is 3.06. The minimum Gasteiger partial charge on any atom is -0.548 e. The van der Waals surface area contributed by atoms with Crippen molar-refractivity contribution in [3.63, 3.8) is 0 Å². The number of carboxylic acids is 1. The first-order valence-corrected chi connectivity index (χ1v) is 13.4. The lowest BCUT2D eigenvalue weighted by atomic mass is 10.2. The van der Waals surface area contributed by atoms with Crippen molar-refractivity contribution >= 4 is 19.1 Å². The zero-order valence-electron chi connectivity index (χ0n) is 18.3. The lowest BCUT2D eigenvalue weighted by molar-refractivity contribution is -0.307. The van der Waals surface area contributed by atoms with Gasteiger partial charge in [0.15, 0.2) is 0 Å². The molecule has 0 aromatic heterocycles. The van der Waals surface area contributed by atoms with Gasteiger partial charge in [-0.05, 0) is 32.1 Å². The van der Waals surface area contributed by atoms with Crippen LogP contribution in [-0.2, 0) is 9.59 Å². The topological polar surface area (TPSA) is 109 Å². The van der Waals surface area contributed by atoms with Gasteiger partial charge in [-0.2, -0.15) is 0 Å². The molecule has 4 N–H and O–H groups in total. The van der Waals surface area contributed by atoms with E-state index in [-0.39, 0.29) is 12.8 Å². The molecule has 27 heavy (non-hydrogen) atoms. The molecule has 0 aliphatic rings. The van der Waals surface area contributed by atoms with E-state index in [2.05, 4.69) is 27.7 Å². The van der Waals surface area contributed by atoms with E-state index in [1.54, 1.807) is 24.6 Å². The second kappa shape index (κ2) is 18.7.